The summed E-state index contributed by atoms with van der Waals surface area (Å²) >= 11 is 0. The lowest BCUT2D eigenvalue weighted by atomic mass is 10.2. The Bertz CT molecular complexity index is 283. The third-order valence-electron chi connectivity index (χ3n) is 2.40. The summed E-state index contributed by atoms with van der Waals surface area (Å²) in [5.74, 6) is 0. The van der Waals surface area contributed by atoms with Gasteiger partial charge in [0, 0.05) is 13.6 Å². The van der Waals surface area contributed by atoms with E-state index in [0.29, 0.717) is 0 Å². The fraction of sp³-hybridized carbons (Fsp3) is 0.400. The van der Waals surface area contributed by atoms with Gasteiger partial charge < -0.3 is 9.80 Å². The number of anilines is 2. The van der Waals surface area contributed by atoms with Crippen molar-refractivity contribution < 1.29 is 0 Å². The Hall–Kier alpha value is -1.18. The van der Waals surface area contributed by atoms with Crippen LogP contribution in [0, 0.1) is 0 Å². The van der Waals surface area contributed by atoms with E-state index in [-0.39, 0.29) is 0 Å². The first-order chi connectivity index (χ1) is 5.83. The van der Waals surface area contributed by atoms with Gasteiger partial charge in [-0.2, -0.15) is 0 Å². The zero-order chi connectivity index (χ0) is 8.55. The van der Waals surface area contributed by atoms with Crippen molar-refractivity contribution in [2.24, 2.45) is 0 Å². The minimum Gasteiger partial charge on any atom is -0.355 e. The summed E-state index contributed by atoms with van der Waals surface area (Å²) < 4.78 is 0. The van der Waals surface area contributed by atoms with Gasteiger partial charge in [0.2, 0.25) is 0 Å². The van der Waals surface area contributed by atoms with Gasteiger partial charge in [-0.25, -0.2) is 0 Å². The Kier molecular flexibility index (Phi) is 1.68. The van der Waals surface area contributed by atoms with Gasteiger partial charge in [0.25, 0.3) is 0 Å². The Balaban J connectivity index is 2.43. The predicted octanol–water partition coefficient (Wildman–Crippen LogP) is 1.92. The van der Waals surface area contributed by atoms with E-state index in [1.807, 2.05) is 0 Å². The highest BCUT2D eigenvalue weighted by molar-refractivity contribution is 5.75. The number of rotatable bonds is 1. The average Bonchev–Trinajstić information content (AvgIpc) is 2.44. The van der Waals surface area contributed by atoms with Crippen LogP contribution in [0.15, 0.2) is 24.3 Å². The van der Waals surface area contributed by atoms with Crippen molar-refractivity contribution in [3.05, 3.63) is 24.3 Å². The van der Waals surface area contributed by atoms with Gasteiger partial charge in [0.05, 0.1) is 18.0 Å². The Morgan fingerprint density at radius 2 is 1.92 bits per heavy atom. The Morgan fingerprint density at radius 3 is 2.58 bits per heavy atom. The zero-order valence-corrected chi connectivity index (χ0v) is 7.62. The van der Waals surface area contributed by atoms with E-state index in [9.17, 15) is 0 Å². The first-order valence-corrected chi connectivity index (χ1v) is 4.38. The third-order valence-corrected chi connectivity index (χ3v) is 2.40. The molecule has 0 N–H and O–H groups in total. The quantitative estimate of drug-likeness (QED) is 0.622. The summed E-state index contributed by atoms with van der Waals surface area (Å²) in [6.45, 7) is 4.30. The molecule has 0 atom stereocenters. The van der Waals surface area contributed by atoms with E-state index in [0.717, 1.165) is 13.2 Å². The monoisotopic (exact) mass is 162 g/mol. The highest BCUT2D eigenvalue weighted by atomic mass is 15.4. The van der Waals surface area contributed by atoms with Gasteiger partial charge in [-0.15, -0.1) is 0 Å². The average molecular weight is 162 g/mol. The number of hydrogen-bond acceptors (Lipinski definition) is 2. The SMILES string of the molecule is CCN1CN(C)c2ccccc21. The van der Waals surface area contributed by atoms with E-state index in [1.165, 1.54) is 11.4 Å². The normalized spacial score (nSPS) is 15.2. The maximum atomic E-state index is 2.37. The van der Waals surface area contributed by atoms with E-state index >= 15 is 0 Å². The summed E-state index contributed by atoms with van der Waals surface area (Å²) in [5.41, 5.74) is 2.71. The zero-order valence-electron chi connectivity index (χ0n) is 7.62. The molecule has 1 aromatic carbocycles. The van der Waals surface area contributed by atoms with Crippen LogP contribution in [0.3, 0.4) is 0 Å². The molecule has 0 spiro atoms. The summed E-state index contributed by atoms with van der Waals surface area (Å²) in [6.07, 6.45) is 0. The third kappa shape index (κ3) is 0.951. The molecule has 0 aliphatic carbocycles. The fourth-order valence-corrected chi connectivity index (χ4v) is 1.73. The van der Waals surface area contributed by atoms with Crippen LogP contribution >= 0.6 is 0 Å². The Labute approximate surface area is 73.4 Å². The second-order valence-corrected chi connectivity index (χ2v) is 3.18. The van der Waals surface area contributed by atoms with E-state index < -0.39 is 0 Å². The minimum absolute atomic E-state index is 1.02. The van der Waals surface area contributed by atoms with Gasteiger partial charge >= 0.3 is 0 Å². The lowest BCUT2D eigenvalue weighted by molar-refractivity contribution is 0.844. The number of fused-ring (bicyclic) bond motifs is 1. The van der Waals surface area contributed by atoms with Crippen molar-refractivity contribution in [3.8, 4) is 0 Å². The second kappa shape index (κ2) is 2.70. The van der Waals surface area contributed by atoms with Gasteiger partial charge in [-0.1, -0.05) is 12.1 Å². The molecule has 0 fully saturated rings. The maximum Gasteiger partial charge on any atom is 0.0901 e. The topological polar surface area (TPSA) is 6.48 Å². The molecule has 0 amide bonds. The van der Waals surface area contributed by atoms with Crippen LogP contribution in [0.5, 0.6) is 0 Å². The van der Waals surface area contributed by atoms with Crippen molar-refractivity contribution >= 4 is 11.4 Å². The lowest BCUT2D eigenvalue weighted by Crippen LogP contribution is -2.27. The summed E-state index contributed by atoms with van der Waals surface area (Å²) in [5, 5.41) is 0. The number of benzene rings is 1. The molecular weight excluding hydrogens is 148 g/mol. The van der Waals surface area contributed by atoms with Crippen molar-refractivity contribution in [1.82, 2.24) is 0 Å². The summed E-state index contributed by atoms with van der Waals surface area (Å²) in [7, 11) is 2.13. The summed E-state index contributed by atoms with van der Waals surface area (Å²) in [4.78, 5) is 4.65. The Morgan fingerprint density at radius 1 is 1.25 bits per heavy atom. The molecule has 0 saturated carbocycles. The molecule has 2 rings (SSSR count). The van der Waals surface area contributed by atoms with E-state index in [1.54, 1.807) is 0 Å². The van der Waals surface area contributed by atoms with Crippen LogP contribution < -0.4 is 9.80 Å². The van der Waals surface area contributed by atoms with Crippen LogP contribution in [0.4, 0.5) is 11.4 Å². The lowest BCUT2D eigenvalue weighted by Gasteiger charge is -2.16. The fourth-order valence-electron chi connectivity index (χ4n) is 1.73. The molecule has 1 aromatic rings. The molecule has 0 aromatic heterocycles. The minimum atomic E-state index is 1.02. The number of para-hydroxylation sites is 2. The first kappa shape index (κ1) is 7.47. The van der Waals surface area contributed by atoms with E-state index in [2.05, 4.69) is 48.0 Å². The number of nitrogens with zero attached hydrogens (tertiary/aromatic N) is 2. The molecule has 1 heterocycles. The first-order valence-electron chi connectivity index (χ1n) is 4.38. The van der Waals surface area contributed by atoms with Crippen molar-refractivity contribution in [2.75, 3.05) is 30.1 Å². The van der Waals surface area contributed by atoms with Gasteiger partial charge in [-0.3, -0.25) is 0 Å². The molecule has 2 nitrogen and oxygen atoms in total. The van der Waals surface area contributed by atoms with Crippen LogP contribution in [0.2, 0.25) is 0 Å². The molecule has 2 heteroatoms. The highest BCUT2D eigenvalue weighted by Gasteiger charge is 2.20. The molecule has 1 aliphatic rings. The van der Waals surface area contributed by atoms with Crippen LogP contribution in [-0.4, -0.2) is 20.3 Å². The van der Waals surface area contributed by atoms with Crippen molar-refractivity contribution in [2.45, 2.75) is 6.92 Å². The highest BCUT2D eigenvalue weighted by Crippen LogP contribution is 2.33. The largest absolute Gasteiger partial charge is 0.355 e. The van der Waals surface area contributed by atoms with E-state index in [4.69, 9.17) is 0 Å². The smallest absolute Gasteiger partial charge is 0.0901 e. The maximum absolute atomic E-state index is 2.37. The summed E-state index contributed by atoms with van der Waals surface area (Å²) in [6, 6.07) is 8.54. The molecule has 0 radical (unpaired) electrons. The predicted molar refractivity (Wildman–Crippen MR) is 52.7 cm³/mol. The van der Waals surface area contributed by atoms with Gasteiger partial charge in [0.1, 0.15) is 0 Å². The second-order valence-electron chi connectivity index (χ2n) is 3.18. The van der Waals surface area contributed by atoms with Gasteiger partial charge in [-0.05, 0) is 19.1 Å². The molecule has 0 saturated heterocycles. The molecule has 1 aliphatic heterocycles. The van der Waals surface area contributed by atoms with Crippen molar-refractivity contribution in [1.29, 1.82) is 0 Å². The van der Waals surface area contributed by atoms with Crippen LogP contribution in [-0.2, 0) is 0 Å². The standard InChI is InChI=1S/C10H14N2/c1-3-12-8-11(2)9-6-4-5-7-10(9)12/h4-7H,3,8H2,1-2H3. The molecule has 0 bridgehead atoms. The van der Waals surface area contributed by atoms with Crippen LogP contribution in [0.25, 0.3) is 0 Å². The number of hydrogen-bond donors (Lipinski definition) is 0. The van der Waals surface area contributed by atoms with Crippen molar-refractivity contribution in [3.63, 3.8) is 0 Å². The van der Waals surface area contributed by atoms with Gasteiger partial charge in [0.15, 0.2) is 0 Å². The molecule has 0 unspecified atom stereocenters. The molecule has 12 heavy (non-hydrogen) atoms. The molecular formula is C10H14N2. The molecule has 64 valence electrons. The van der Waals surface area contributed by atoms with Crippen LogP contribution in [0.1, 0.15) is 6.92 Å².